The lowest BCUT2D eigenvalue weighted by atomic mass is 9.53. The number of allylic oxidation sites excluding steroid dienone is 6. The van der Waals surface area contributed by atoms with E-state index in [-0.39, 0.29) is 29.2 Å². The number of hydrogen-bond acceptors (Lipinski definition) is 4. The highest BCUT2D eigenvalue weighted by Crippen LogP contribution is 2.54. The number of ketones is 2. The molecule has 0 aromatic heterocycles. The SMILES string of the molecule is C=CC1=CC[C@H]2C(=O)C=C(C)C(=O)[C@@]2(C)[C@H]1C1=COc2ccc(O)cc2C1. The third-order valence-electron chi connectivity index (χ3n) is 6.18. The van der Waals surface area contributed by atoms with E-state index in [1.54, 1.807) is 37.5 Å². The highest BCUT2D eigenvalue weighted by atomic mass is 16.5. The second-order valence-corrected chi connectivity index (χ2v) is 7.75. The fraction of sp³-hybridized carbons (Fsp3) is 0.304. The first-order valence-corrected chi connectivity index (χ1v) is 9.13. The summed E-state index contributed by atoms with van der Waals surface area (Å²) < 4.78 is 5.81. The Morgan fingerprint density at radius 1 is 1.33 bits per heavy atom. The van der Waals surface area contributed by atoms with Gasteiger partial charge in [0.15, 0.2) is 11.6 Å². The molecule has 0 saturated heterocycles. The first-order valence-electron chi connectivity index (χ1n) is 9.13. The minimum absolute atomic E-state index is 0.00663. The van der Waals surface area contributed by atoms with Crippen LogP contribution in [0.4, 0.5) is 0 Å². The van der Waals surface area contributed by atoms with Gasteiger partial charge in [-0.2, -0.15) is 0 Å². The molecule has 0 saturated carbocycles. The number of Topliss-reactive ketones (excluding diaryl/α,β-unsaturated/α-hetero) is 1. The van der Waals surface area contributed by atoms with Gasteiger partial charge in [-0.05, 0) is 54.3 Å². The van der Waals surface area contributed by atoms with E-state index in [0.717, 1.165) is 16.7 Å². The van der Waals surface area contributed by atoms with Crippen molar-refractivity contribution in [2.75, 3.05) is 0 Å². The van der Waals surface area contributed by atoms with Gasteiger partial charge in [0.2, 0.25) is 0 Å². The number of aromatic hydroxyl groups is 1. The molecule has 0 unspecified atom stereocenters. The zero-order chi connectivity index (χ0) is 19.3. The molecule has 0 amide bonds. The number of hydrogen-bond donors (Lipinski definition) is 1. The third kappa shape index (κ3) is 2.51. The number of carbonyl (C=O) groups is 2. The van der Waals surface area contributed by atoms with Gasteiger partial charge >= 0.3 is 0 Å². The van der Waals surface area contributed by atoms with E-state index < -0.39 is 5.41 Å². The maximum atomic E-state index is 13.3. The van der Waals surface area contributed by atoms with E-state index in [4.69, 9.17) is 4.74 Å². The van der Waals surface area contributed by atoms with Crippen molar-refractivity contribution in [3.8, 4) is 11.5 Å². The Bertz CT molecular complexity index is 963. The molecule has 1 heterocycles. The van der Waals surface area contributed by atoms with Gasteiger partial charge in [0, 0.05) is 23.8 Å². The molecule has 1 N–H and O–H groups in total. The second-order valence-electron chi connectivity index (χ2n) is 7.75. The summed E-state index contributed by atoms with van der Waals surface area (Å²) in [5.41, 5.74) is 2.37. The summed E-state index contributed by atoms with van der Waals surface area (Å²) in [5, 5.41) is 9.82. The van der Waals surface area contributed by atoms with Gasteiger partial charge in [-0.1, -0.05) is 25.7 Å². The molecule has 27 heavy (non-hydrogen) atoms. The van der Waals surface area contributed by atoms with Crippen LogP contribution in [0, 0.1) is 17.3 Å². The van der Waals surface area contributed by atoms with Crippen molar-refractivity contribution in [2.24, 2.45) is 17.3 Å². The highest BCUT2D eigenvalue weighted by molar-refractivity contribution is 6.13. The fourth-order valence-corrected chi connectivity index (χ4v) is 4.86. The number of phenolic OH excluding ortho intramolecular Hbond substituents is 1. The van der Waals surface area contributed by atoms with E-state index in [1.165, 1.54) is 6.08 Å². The van der Waals surface area contributed by atoms with Crippen LogP contribution >= 0.6 is 0 Å². The largest absolute Gasteiger partial charge is 0.508 e. The number of rotatable bonds is 2. The van der Waals surface area contributed by atoms with E-state index in [2.05, 4.69) is 6.58 Å². The summed E-state index contributed by atoms with van der Waals surface area (Å²) in [4.78, 5) is 25.9. The minimum atomic E-state index is -0.863. The number of fused-ring (bicyclic) bond motifs is 2. The van der Waals surface area contributed by atoms with E-state index in [9.17, 15) is 14.7 Å². The number of phenols is 1. The Morgan fingerprint density at radius 2 is 2.11 bits per heavy atom. The molecule has 2 aliphatic carbocycles. The summed E-state index contributed by atoms with van der Waals surface area (Å²) in [7, 11) is 0. The molecule has 1 aromatic carbocycles. The molecule has 1 aromatic rings. The zero-order valence-corrected chi connectivity index (χ0v) is 15.5. The Labute approximate surface area is 158 Å². The Balaban J connectivity index is 1.83. The molecule has 4 nitrogen and oxygen atoms in total. The van der Waals surface area contributed by atoms with E-state index in [0.29, 0.717) is 24.2 Å². The normalized spacial score (nSPS) is 29.6. The number of carbonyl (C=O) groups excluding carboxylic acids is 2. The van der Waals surface area contributed by atoms with Crippen molar-refractivity contribution < 1.29 is 19.4 Å². The topological polar surface area (TPSA) is 63.6 Å². The standard InChI is InChI=1S/C23H22O4/c1-4-14-5-7-18-19(25)9-13(2)22(26)23(18,3)21(14)16-10-15-11-17(24)6-8-20(15)27-12-16/h4-6,8-9,11-12,18,21,24H,1,7,10H2,2-3H3/t18-,21+,23+/m0/s1. The second kappa shape index (κ2) is 6.08. The maximum absolute atomic E-state index is 13.3. The van der Waals surface area contributed by atoms with Crippen LogP contribution in [0.15, 0.2) is 66.0 Å². The predicted molar refractivity (Wildman–Crippen MR) is 102 cm³/mol. The molecule has 3 atom stereocenters. The molecule has 0 bridgehead atoms. The van der Waals surface area contributed by atoms with Crippen LogP contribution in [0.5, 0.6) is 11.5 Å². The molecule has 3 aliphatic rings. The van der Waals surface area contributed by atoms with Crippen LogP contribution in [0.3, 0.4) is 0 Å². The first-order chi connectivity index (χ1) is 12.9. The number of ether oxygens (including phenoxy) is 1. The van der Waals surface area contributed by atoms with Gasteiger partial charge in [0.25, 0.3) is 0 Å². The quantitative estimate of drug-likeness (QED) is 0.862. The molecular weight excluding hydrogens is 340 g/mol. The van der Waals surface area contributed by atoms with E-state index in [1.807, 2.05) is 13.0 Å². The fourth-order valence-electron chi connectivity index (χ4n) is 4.86. The lowest BCUT2D eigenvalue weighted by Crippen LogP contribution is -2.51. The Hall–Kier alpha value is -2.88. The van der Waals surface area contributed by atoms with Crippen LogP contribution < -0.4 is 4.74 Å². The Kier molecular flexibility index (Phi) is 3.95. The van der Waals surface area contributed by atoms with Crippen LogP contribution in [-0.4, -0.2) is 16.7 Å². The van der Waals surface area contributed by atoms with Gasteiger partial charge in [0.1, 0.15) is 11.5 Å². The molecule has 1 aliphatic heterocycles. The van der Waals surface area contributed by atoms with Crippen molar-refractivity contribution in [2.45, 2.75) is 26.7 Å². The average Bonchev–Trinajstić information content (AvgIpc) is 2.65. The summed E-state index contributed by atoms with van der Waals surface area (Å²) in [6, 6.07) is 5.00. The van der Waals surface area contributed by atoms with Gasteiger partial charge in [0.05, 0.1) is 11.7 Å². The van der Waals surface area contributed by atoms with Crippen molar-refractivity contribution in [1.29, 1.82) is 0 Å². The lowest BCUT2D eigenvalue weighted by molar-refractivity contribution is -0.138. The monoisotopic (exact) mass is 362 g/mol. The molecule has 4 heteroatoms. The third-order valence-corrected chi connectivity index (χ3v) is 6.18. The molecule has 0 fully saturated rings. The van der Waals surface area contributed by atoms with Crippen molar-refractivity contribution in [1.82, 2.24) is 0 Å². The van der Waals surface area contributed by atoms with Gasteiger partial charge in [-0.15, -0.1) is 0 Å². The highest BCUT2D eigenvalue weighted by Gasteiger charge is 2.55. The molecular formula is C23H22O4. The van der Waals surface area contributed by atoms with Gasteiger partial charge in [-0.3, -0.25) is 9.59 Å². The zero-order valence-electron chi connectivity index (χ0n) is 15.5. The van der Waals surface area contributed by atoms with E-state index >= 15 is 0 Å². The summed E-state index contributed by atoms with van der Waals surface area (Å²) in [6.45, 7) is 7.54. The van der Waals surface area contributed by atoms with Crippen LogP contribution in [-0.2, 0) is 16.0 Å². The summed E-state index contributed by atoms with van der Waals surface area (Å²) in [5.74, 6) is 0.216. The molecule has 0 radical (unpaired) electrons. The molecule has 138 valence electrons. The van der Waals surface area contributed by atoms with Gasteiger partial charge in [-0.25, -0.2) is 0 Å². The Morgan fingerprint density at radius 3 is 2.85 bits per heavy atom. The minimum Gasteiger partial charge on any atom is -0.508 e. The van der Waals surface area contributed by atoms with Crippen LogP contribution in [0.25, 0.3) is 0 Å². The van der Waals surface area contributed by atoms with Crippen molar-refractivity contribution >= 4 is 11.6 Å². The molecule has 0 spiro atoms. The maximum Gasteiger partial charge on any atom is 0.166 e. The summed E-state index contributed by atoms with van der Waals surface area (Å²) >= 11 is 0. The predicted octanol–water partition coefficient (Wildman–Crippen LogP) is 4.06. The average molecular weight is 362 g/mol. The number of benzene rings is 1. The van der Waals surface area contributed by atoms with Crippen molar-refractivity contribution in [3.05, 3.63) is 71.6 Å². The van der Waals surface area contributed by atoms with Crippen LogP contribution in [0.2, 0.25) is 0 Å². The molecule has 4 rings (SSSR count). The summed E-state index contributed by atoms with van der Waals surface area (Å²) in [6.07, 6.45) is 8.05. The first kappa shape index (κ1) is 17.5. The van der Waals surface area contributed by atoms with Crippen LogP contribution in [0.1, 0.15) is 25.8 Å². The smallest absolute Gasteiger partial charge is 0.166 e. The van der Waals surface area contributed by atoms with Crippen molar-refractivity contribution in [3.63, 3.8) is 0 Å². The lowest BCUT2D eigenvalue weighted by Gasteiger charge is -2.48. The van der Waals surface area contributed by atoms with Gasteiger partial charge < -0.3 is 9.84 Å².